The van der Waals surface area contributed by atoms with Crippen molar-refractivity contribution in [1.29, 1.82) is 0 Å². The van der Waals surface area contributed by atoms with Crippen molar-refractivity contribution in [3.8, 4) is 0 Å². The van der Waals surface area contributed by atoms with Crippen molar-refractivity contribution < 1.29 is 4.79 Å². The molecule has 2 atom stereocenters. The molecule has 1 aliphatic carbocycles. The number of carbonyl (C=O) groups is 1. The monoisotopic (exact) mass is 339 g/mol. The molecule has 25 heavy (non-hydrogen) atoms. The number of amides is 1. The summed E-state index contributed by atoms with van der Waals surface area (Å²) >= 11 is 0. The quantitative estimate of drug-likeness (QED) is 0.850. The Kier molecular flexibility index (Phi) is 4.53. The number of aromatic nitrogens is 3. The molecule has 0 aromatic carbocycles. The van der Waals surface area contributed by atoms with Gasteiger partial charge in [0.15, 0.2) is 0 Å². The maximum Gasteiger partial charge on any atom is 0.226 e. The summed E-state index contributed by atoms with van der Waals surface area (Å²) in [4.78, 5) is 21.5. The average Bonchev–Trinajstić information content (AvgIpc) is 3.37. The molecule has 0 bridgehead atoms. The van der Waals surface area contributed by atoms with E-state index in [2.05, 4.69) is 32.1 Å². The van der Waals surface area contributed by atoms with E-state index >= 15 is 0 Å². The molecule has 1 aliphatic heterocycles. The van der Waals surface area contributed by atoms with Crippen LogP contribution in [0.15, 0.2) is 36.9 Å². The molecule has 0 spiro atoms. The molecule has 0 radical (unpaired) electrons. The largest absolute Gasteiger partial charge is 0.341 e. The van der Waals surface area contributed by atoms with Gasteiger partial charge in [-0.05, 0) is 30.4 Å². The molecule has 4 rings (SSSR count). The summed E-state index contributed by atoms with van der Waals surface area (Å²) in [5.41, 5.74) is 2.44. The van der Waals surface area contributed by atoms with Gasteiger partial charge in [0.1, 0.15) is 0 Å². The van der Waals surface area contributed by atoms with Crippen molar-refractivity contribution >= 4 is 5.91 Å². The van der Waals surface area contributed by atoms with Gasteiger partial charge in [0.05, 0.1) is 6.20 Å². The normalized spacial score (nSPS) is 24.1. The first-order chi connectivity index (χ1) is 12.2. The molecule has 0 unspecified atom stereocenters. The minimum Gasteiger partial charge on any atom is -0.341 e. The molecule has 132 valence electrons. The predicted molar refractivity (Wildman–Crippen MR) is 94.8 cm³/mol. The molecule has 6 nitrogen and oxygen atoms in total. The van der Waals surface area contributed by atoms with Crippen molar-refractivity contribution in [3.63, 3.8) is 0 Å². The fraction of sp³-hybridized carbons (Fsp3) is 0.526. The fourth-order valence-corrected chi connectivity index (χ4v) is 3.83. The molecule has 2 aromatic heterocycles. The number of rotatable bonds is 4. The van der Waals surface area contributed by atoms with E-state index in [0.717, 1.165) is 45.6 Å². The summed E-state index contributed by atoms with van der Waals surface area (Å²) in [5.74, 6) is 0.863. The van der Waals surface area contributed by atoms with Crippen LogP contribution in [0.5, 0.6) is 0 Å². The van der Waals surface area contributed by atoms with E-state index in [1.165, 1.54) is 11.1 Å². The minimum absolute atomic E-state index is 0.161. The van der Waals surface area contributed by atoms with Crippen molar-refractivity contribution in [1.82, 2.24) is 24.6 Å². The van der Waals surface area contributed by atoms with E-state index < -0.39 is 0 Å². The highest BCUT2D eigenvalue weighted by molar-refractivity contribution is 5.83. The summed E-state index contributed by atoms with van der Waals surface area (Å²) < 4.78 is 1.84. The molecular formula is C19H25N5O. The third kappa shape index (κ3) is 3.74. The van der Waals surface area contributed by atoms with Gasteiger partial charge < -0.3 is 4.90 Å². The number of aryl methyl sites for hydroxylation is 1. The molecule has 1 saturated heterocycles. The van der Waals surface area contributed by atoms with Gasteiger partial charge in [0.25, 0.3) is 0 Å². The first-order valence-electron chi connectivity index (χ1n) is 9.09. The third-order valence-corrected chi connectivity index (χ3v) is 5.28. The Bertz CT molecular complexity index is 728. The number of nitrogens with zero attached hydrogens (tertiary/aromatic N) is 5. The van der Waals surface area contributed by atoms with Crippen LogP contribution >= 0.6 is 0 Å². The van der Waals surface area contributed by atoms with E-state index in [1.807, 2.05) is 30.2 Å². The Morgan fingerprint density at radius 2 is 2.16 bits per heavy atom. The van der Waals surface area contributed by atoms with Crippen LogP contribution in [0.25, 0.3) is 0 Å². The van der Waals surface area contributed by atoms with Crippen LogP contribution in [0, 0.1) is 5.92 Å². The van der Waals surface area contributed by atoms with Gasteiger partial charge in [-0.25, -0.2) is 0 Å². The van der Waals surface area contributed by atoms with Crippen LogP contribution in [0.2, 0.25) is 0 Å². The summed E-state index contributed by atoms with van der Waals surface area (Å²) in [7, 11) is 1.95. The Morgan fingerprint density at radius 3 is 2.92 bits per heavy atom. The third-order valence-electron chi connectivity index (χ3n) is 5.28. The van der Waals surface area contributed by atoms with Crippen LogP contribution in [0.4, 0.5) is 0 Å². The predicted octanol–water partition coefficient (Wildman–Crippen LogP) is 1.65. The zero-order chi connectivity index (χ0) is 17.2. The maximum atomic E-state index is 12.8. The van der Waals surface area contributed by atoms with Gasteiger partial charge >= 0.3 is 0 Å². The lowest BCUT2D eigenvalue weighted by atomic mass is 10.1. The molecule has 6 heteroatoms. The fourth-order valence-electron chi connectivity index (χ4n) is 3.83. The van der Waals surface area contributed by atoms with E-state index in [1.54, 1.807) is 6.20 Å². The molecule has 2 aliphatic rings. The summed E-state index contributed by atoms with van der Waals surface area (Å²) in [6.07, 6.45) is 9.69. The van der Waals surface area contributed by atoms with Crippen molar-refractivity contribution in [2.45, 2.75) is 25.3 Å². The lowest BCUT2D eigenvalue weighted by molar-refractivity contribution is -0.132. The van der Waals surface area contributed by atoms with Gasteiger partial charge in [-0.2, -0.15) is 5.10 Å². The van der Waals surface area contributed by atoms with Crippen LogP contribution < -0.4 is 0 Å². The number of hydrogen-bond acceptors (Lipinski definition) is 4. The molecule has 1 amide bonds. The summed E-state index contributed by atoms with van der Waals surface area (Å²) in [6.45, 7) is 4.59. The topological polar surface area (TPSA) is 54.3 Å². The first-order valence-corrected chi connectivity index (χ1v) is 9.09. The number of carbonyl (C=O) groups excluding carboxylic acids is 1. The van der Waals surface area contributed by atoms with Crippen LogP contribution in [0.1, 0.15) is 29.9 Å². The molecule has 0 N–H and O–H groups in total. The Morgan fingerprint density at radius 1 is 1.24 bits per heavy atom. The van der Waals surface area contributed by atoms with Crippen molar-refractivity contribution in [2.75, 3.05) is 26.2 Å². The second-order valence-electron chi connectivity index (χ2n) is 7.21. The smallest absolute Gasteiger partial charge is 0.226 e. The highest BCUT2D eigenvalue weighted by Gasteiger charge is 2.45. The minimum atomic E-state index is 0.161. The lowest BCUT2D eigenvalue weighted by Crippen LogP contribution is -2.36. The van der Waals surface area contributed by atoms with Gasteiger partial charge in [-0.3, -0.25) is 19.4 Å². The number of pyridine rings is 1. The highest BCUT2D eigenvalue weighted by Crippen LogP contribution is 2.48. The van der Waals surface area contributed by atoms with E-state index in [0.29, 0.717) is 11.8 Å². The van der Waals surface area contributed by atoms with Gasteiger partial charge in [-0.15, -0.1) is 0 Å². The Balaban J connectivity index is 1.31. The zero-order valence-electron chi connectivity index (χ0n) is 14.7. The van der Waals surface area contributed by atoms with Crippen LogP contribution in [-0.2, 0) is 18.4 Å². The van der Waals surface area contributed by atoms with Crippen LogP contribution in [0.3, 0.4) is 0 Å². The Hall–Kier alpha value is -2.21. The van der Waals surface area contributed by atoms with Crippen molar-refractivity contribution in [3.05, 3.63) is 48.0 Å². The zero-order valence-corrected chi connectivity index (χ0v) is 14.7. The molecule has 3 heterocycles. The lowest BCUT2D eigenvalue weighted by Gasteiger charge is -2.22. The van der Waals surface area contributed by atoms with Gasteiger partial charge in [-0.1, -0.05) is 6.07 Å². The second kappa shape index (κ2) is 6.96. The van der Waals surface area contributed by atoms with E-state index in [9.17, 15) is 4.79 Å². The maximum absolute atomic E-state index is 12.8. The second-order valence-corrected chi connectivity index (χ2v) is 7.21. The summed E-state index contributed by atoms with van der Waals surface area (Å²) in [6, 6.07) is 4.04. The first kappa shape index (κ1) is 16.3. The van der Waals surface area contributed by atoms with Crippen molar-refractivity contribution in [2.24, 2.45) is 13.0 Å². The highest BCUT2D eigenvalue weighted by atomic mass is 16.2. The summed E-state index contributed by atoms with van der Waals surface area (Å²) in [5, 5.41) is 4.24. The molecular weight excluding hydrogens is 314 g/mol. The molecule has 2 fully saturated rings. The molecule has 2 aromatic rings. The van der Waals surface area contributed by atoms with E-state index in [-0.39, 0.29) is 5.92 Å². The Labute approximate surface area is 148 Å². The van der Waals surface area contributed by atoms with E-state index in [4.69, 9.17) is 0 Å². The standard InChI is InChI=1S/C19H25N5O/c1-22-13-15(11-21-22)14-23-6-3-7-24(9-8-23)19(25)18-10-17(18)16-4-2-5-20-12-16/h2,4-5,11-13,17-18H,3,6-10,14H2,1H3/t17-,18+/m0/s1. The number of hydrogen-bond donors (Lipinski definition) is 0. The molecule has 1 saturated carbocycles. The van der Waals surface area contributed by atoms with Gasteiger partial charge in [0.2, 0.25) is 5.91 Å². The van der Waals surface area contributed by atoms with Crippen LogP contribution in [-0.4, -0.2) is 56.7 Å². The SMILES string of the molecule is Cn1cc(CN2CCCN(C(=O)[C@@H]3C[C@H]3c3cccnc3)CC2)cn1. The van der Waals surface area contributed by atoms with Gasteiger partial charge in [0, 0.05) is 69.8 Å². The average molecular weight is 339 g/mol.